The molecule has 0 heterocycles. The number of anilines is 2. The molecule has 0 bridgehead atoms. The molecule has 0 atom stereocenters. The van der Waals surface area contributed by atoms with Crippen molar-refractivity contribution in [1.29, 1.82) is 0 Å². The summed E-state index contributed by atoms with van der Waals surface area (Å²) >= 11 is 9.36. The largest absolute Gasteiger partial charge is 0.495 e. The number of rotatable bonds is 6. The Morgan fingerprint density at radius 3 is 2.40 bits per heavy atom. The van der Waals surface area contributed by atoms with Gasteiger partial charge in [0.2, 0.25) is 15.9 Å². The molecule has 0 aliphatic carbocycles. The van der Waals surface area contributed by atoms with E-state index in [1.165, 1.54) is 19.2 Å². The predicted molar refractivity (Wildman–Crippen MR) is 103 cm³/mol. The van der Waals surface area contributed by atoms with E-state index >= 15 is 0 Å². The number of nitrogens with zero attached hydrogens (tertiary/aromatic N) is 1. The van der Waals surface area contributed by atoms with Crippen LogP contribution < -0.4 is 14.4 Å². The number of nitrogens with one attached hydrogen (secondary N) is 1. The summed E-state index contributed by atoms with van der Waals surface area (Å²) in [5.41, 5.74) is 0.841. The second-order valence-corrected chi connectivity index (χ2v) is 8.37. The second kappa shape index (κ2) is 8.07. The molecule has 0 spiro atoms. The number of carbonyl (C=O) groups excluding carboxylic acids is 1. The highest BCUT2D eigenvalue weighted by Crippen LogP contribution is 2.30. The molecule has 2 aromatic rings. The normalized spacial score (nSPS) is 11.0. The molecule has 25 heavy (non-hydrogen) atoms. The molecular weight excluding hydrogens is 432 g/mol. The van der Waals surface area contributed by atoms with E-state index in [0.717, 1.165) is 15.0 Å². The van der Waals surface area contributed by atoms with Crippen LogP contribution in [0.25, 0.3) is 0 Å². The molecule has 0 aliphatic rings. The summed E-state index contributed by atoms with van der Waals surface area (Å²) in [6.07, 6.45) is 1.03. The summed E-state index contributed by atoms with van der Waals surface area (Å²) < 4.78 is 31.1. The van der Waals surface area contributed by atoms with Crippen molar-refractivity contribution in [3.63, 3.8) is 0 Å². The number of benzene rings is 2. The summed E-state index contributed by atoms with van der Waals surface area (Å²) in [5.74, 6) is -0.0575. The lowest BCUT2D eigenvalue weighted by Crippen LogP contribution is -2.37. The number of ether oxygens (including phenoxy) is 1. The second-order valence-electron chi connectivity index (χ2n) is 5.14. The van der Waals surface area contributed by atoms with Gasteiger partial charge in [0.05, 0.1) is 24.1 Å². The summed E-state index contributed by atoms with van der Waals surface area (Å²) in [4.78, 5) is 12.2. The topological polar surface area (TPSA) is 75.7 Å². The molecule has 0 unspecified atom stereocenters. The van der Waals surface area contributed by atoms with E-state index in [0.29, 0.717) is 11.4 Å². The highest BCUT2D eigenvalue weighted by atomic mass is 79.9. The van der Waals surface area contributed by atoms with Crippen LogP contribution in [0.3, 0.4) is 0 Å². The maximum atomic E-state index is 12.2. The van der Waals surface area contributed by atoms with Gasteiger partial charge in [-0.25, -0.2) is 8.42 Å². The zero-order valence-corrected chi connectivity index (χ0v) is 16.7. The first-order valence-corrected chi connectivity index (χ1v) is 10.1. The Labute approximate surface area is 159 Å². The van der Waals surface area contributed by atoms with E-state index in [1.54, 1.807) is 30.3 Å². The third-order valence-corrected chi connectivity index (χ3v) is 5.20. The minimum absolute atomic E-state index is 0.252. The first kappa shape index (κ1) is 19.6. The number of amides is 1. The molecule has 6 nitrogen and oxygen atoms in total. The Bertz CT molecular complexity index is 872. The zero-order chi connectivity index (χ0) is 18.6. The van der Waals surface area contributed by atoms with Crippen molar-refractivity contribution in [1.82, 2.24) is 0 Å². The van der Waals surface area contributed by atoms with Crippen molar-refractivity contribution in [2.75, 3.05) is 29.5 Å². The number of methoxy groups -OCH3 is 1. The summed E-state index contributed by atoms with van der Waals surface area (Å²) in [5, 5.41) is 2.91. The Hall–Kier alpha value is -1.77. The zero-order valence-electron chi connectivity index (χ0n) is 13.5. The molecule has 134 valence electrons. The molecule has 2 aromatic carbocycles. The van der Waals surface area contributed by atoms with Crippen LogP contribution in [-0.2, 0) is 14.8 Å². The molecule has 2 rings (SSSR count). The van der Waals surface area contributed by atoms with Crippen LogP contribution in [-0.4, -0.2) is 34.2 Å². The smallest absolute Gasteiger partial charge is 0.245 e. The van der Waals surface area contributed by atoms with Gasteiger partial charge in [0, 0.05) is 10.2 Å². The SMILES string of the molecule is COc1ccc(N(CC(=O)Nc2ccc(Br)cc2)S(C)(=O)=O)cc1Cl. The lowest BCUT2D eigenvalue weighted by Gasteiger charge is -2.22. The van der Waals surface area contributed by atoms with Gasteiger partial charge in [0.25, 0.3) is 0 Å². The Morgan fingerprint density at radius 1 is 1.24 bits per heavy atom. The van der Waals surface area contributed by atoms with Gasteiger partial charge < -0.3 is 10.1 Å². The molecule has 9 heteroatoms. The molecule has 0 aromatic heterocycles. The monoisotopic (exact) mass is 446 g/mol. The number of hydrogen-bond donors (Lipinski definition) is 1. The summed E-state index contributed by atoms with van der Waals surface area (Å²) in [6.45, 7) is -0.377. The highest BCUT2D eigenvalue weighted by molar-refractivity contribution is 9.10. The maximum Gasteiger partial charge on any atom is 0.245 e. The summed E-state index contributed by atoms with van der Waals surface area (Å²) in [7, 11) is -2.22. The molecule has 1 amide bonds. The van der Waals surface area contributed by atoms with E-state index in [1.807, 2.05) is 0 Å². The van der Waals surface area contributed by atoms with Crippen LogP contribution >= 0.6 is 27.5 Å². The van der Waals surface area contributed by atoms with Gasteiger partial charge in [-0.1, -0.05) is 27.5 Å². The Balaban J connectivity index is 2.22. The van der Waals surface area contributed by atoms with Crippen molar-refractivity contribution in [3.05, 3.63) is 52.0 Å². The van der Waals surface area contributed by atoms with Gasteiger partial charge in [0.1, 0.15) is 12.3 Å². The van der Waals surface area contributed by atoms with Crippen LogP contribution in [0, 0.1) is 0 Å². The number of sulfonamides is 1. The maximum absolute atomic E-state index is 12.2. The lowest BCUT2D eigenvalue weighted by molar-refractivity contribution is -0.114. The third-order valence-electron chi connectivity index (χ3n) is 3.24. The van der Waals surface area contributed by atoms with Crippen molar-refractivity contribution in [3.8, 4) is 5.75 Å². The minimum atomic E-state index is -3.68. The average molecular weight is 448 g/mol. The van der Waals surface area contributed by atoms with Gasteiger partial charge in [0.15, 0.2) is 0 Å². The third kappa shape index (κ3) is 5.35. The standard InChI is InChI=1S/C16H16BrClN2O4S/c1-24-15-8-7-13(9-14(15)18)20(25(2,22)23)10-16(21)19-12-5-3-11(17)4-6-12/h3-9H,10H2,1-2H3,(H,19,21). The lowest BCUT2D eigenvalue weighted by atomic mass is 10.3. The van der Waals surface area contributed by atoms with E-state index < -0.39 is 15.9 Å². The molecule has 0 saturated carbocycles. The average Bonchev–Trinajstić information content (AvgIpc) is 2.53. The number of carbonyl (C=O) groups is 1. The Morgan fingerprint density at radius 2 is 1.88 bits per heavy atom. The number of halogens is 2. The van der Waals surface area contributed by atoms with Crippen molar-refractivity contribution < 1.29 is 17.9 Å². The van der Waals surface area contributed by atoms with Crippen LogP contribution in [0.15, 0.2) is 46.9 Å². The first-order chi connectivity index (χ1) is 11.7. The van der Waals surface area contributed by atoms with E-state index in [4.69, 9.17) is 16.3 Å². The minimum Gasteiger partial charge on any atom is -0.495 e. The molecular formula is C16H16BrClN2O4S. The molecule has 0 fully saturated rings. The predicted octanol–water partition coefficient (Wildman–Crippen LogP) is 3.52. The fourth-order valence-corrected chi connectivity index (χ4v) is 3.44. The number of hydrogen-bond acceptors (Lipinski definition) is 4. The van der Waals surface area contributed by atoms with E-state index in [2.05, 4.69) is 21.2 Å². The molecule has 0 radical (unpaired) electrons. The van der Waals surface area contributed by atoms with Crippen LogP contribution in [0.5, 0.6) is 5.75 Å². The van der Waals surface area contributed by atoms with Gasteiger partial charge >= 0.3 is 0 Å². The van der Waals surface area contributed by atoms with Crippen molar-refractivity contribution in [2.45, 2.75) is 0 Å². The van der Waals surface area contributed by atoms with Crippen molar-refractivity contribution >= 4 is 54.8 Å². The molecule has 1 N–H and O–H groups in total. The fourth-order valence-electron chi connectivity index (χ4n) is 2.07. The van der Waals surface area contributed by atoms with Crippen molar-refractivity contribution in [2.24, 2.45) is 0 Å². The van der Waals surface area contributed by atoms with E-state index in [9.17, 15) is 13.2 Å². The Kier molecular flexibility index (Phi) is 6.31. The summed E-state index contributed by atoms with van der Waals surface area (Å²) in [6, 6.07) is 11.5. The first-order valence-electron chi connectivity index (χ1n) is 7.07. The van der Waals surface area contributed by atoms with Gasteiger partial charge in [-0.05, 0) is 42.5 Å². The van der Waals surface area contributed by atoms with Gasteiger partial charge in [-0.2, -0.15) is 0 Å². The highest BCUT2D eigenvalue weighted by Gasteiger charge is 2.22. The fraction of sp³-hybridized carbons (Fsp3) is 0.188. The van der Waals surface area contributed by atoms with Crippen LogP contribution in [0.1, 0.15) is 0 Å². The van der Waals surface area contributed by atoms with Crippen LogP contribution in [0.2, 0.25) is 5.02 Å². The quantitative estimate of drug-likeness (QED) is 0.735. The molecule has 0 aliphatic heterocycles. The van der Waals surface area contributed by atoms with Crippen LogP contribution in [0.4, 0.5) is 11.4 Å². The van der Waals surface area contributed by atoms with E-state index in [-0.39, 0.29) is 17.3 Å². The van der Waals surface area contributed by atoms with Gasteiger partial charge in [-0.15, -0.1) is 0 Å². The van der Waals surface area contributed by atoms with Gasteiger partial charge in [-0.3, -0.25) is 9.10 Å². The molecule has 0 saturated heterocycles.